The Labute approximate surface area is 170 Å². The van der Waals surface area contributed by atoms with E-state index in [0.29, 0.717) is 30.6 Å². The van der Waals surface area contributed by atoms with Crippen molar-refractivity contribution in [1.29, 1.82) is 0 Å². The van der Waals surface area contributed by atoms with E-state index in [0.717, 1.165) is 29.9 Å². The lowest BCUT2D eigenvalue weighted by molar-refractivity contribution is -0.117. The molecule has 1 aliphatic rings. The fourth-order valence-corrected chi connectivity index (χ4v) is 3.74. The van der Waals surface area contributed by atoms with Crippen LogP contribution in [0.3, 0.4) is 0 Å². The number of nitrogens with one attached hydrogen (secondary N) is 1. The van der Waals surface area contributed by atoms with E-state index in [1.807, 2.05) is 66.2 Å². The highest BCUT2D eigenvalue weighted by Crippen LogP contribution is 2.25. The first-order chi connectivity index (χ1) is 14.2. The average Bonchev–Trinajstić information content (AvgIpc) is 3.35. The summed E-state index contributed by atoms with van der Waals surface area (Å²) in [6, 6.07) is 17.5. The van der Waals surface area contributed by atoms with Gasteiger partial charge in [-0.05, 0) is 36.6 Å². The molecule has 0 bridgehead atoms. The van der Waals surface area contributed by atoms with E-state index in [4.69, 9.17) is 0 Å². The Morgan fingerprint density at radius 3 is 2.69 bits per heavy atom. The molecule has 1 fully saturated rings. The van der Waals surface area contributed by atoms with Gasteiger partial charge in [-0.1, -0.05) is 43.3 Å². The van der Waals surface area contributed by atoms with Crippen molar-refractivity contribution in [2.45, 2.75) is 32.7 Å². The molecule has 6 heteroatoms. The van der Waals surface area contributed by atoms with Crippen LogP contribution in [0.2, 0.25) is 0 Å². The first kappa shape index (κ1) is 18.9. The average molecular weight is 388 g/mol. The maximum absolute atomic E-state index is 12.9. The minimum atomic E-state index is -0.189. The van der Waals surface area contributed by atoms with Crippen LogP contribution in [-0.2, 0) is 17.8 Å². The molecule has 0 unspecified atom stereocenters. The van der Waals surface area contributed by atoms with Crippen molar-refractivity contribution in [2.75, 3.05) is 16.8 Å². The van der Waals surface area contributed by atoms with Gasteiger partial charge in [-0.3, -0.25) is 14.3 Å². The number of hydrogen-bond donors (Lipinski definition) is 1. The van der Waals surface area contributed by atoms with Crippen LogP contribution in [0.25, 0.3) is 0 Å². The van der Waals surface area contributed by atoms with E-state index >= 15 is 0 Å². The topological polar surface area (TPSA) is 67.2 Å². The van der Waals surface area contributed by atoms with Crippen LogP contribution in [0.1, 0.15) is 41.4 Å². The SMILES string of the molecule is CCc1c(C(=O)Nc2cccc(N3CCCC3=O)c2)cnn1Cc1ccccc1. The summed E-state index contributed by atoms with van der Waals surface area (Å²) in [5.74, 6) is -0.0602. The van der Waals surface area contributed by atoms with Crippen molar-refractivity contribution in [2.24, 2.45) is 0 Å². The van der Waals surface area contributed by atoms with Crippen molar-refractivity contribution in [3.63, 3.8) is 0 Å². The standard InChI is InChI=1S/C23H24N4O2/c1-2-21-20(15-24-27(21)16-17-8-4-3-5-9-17)23(29)25-18-10-6-11-19(14-18)26-13-7-12-22(26)28/h3-6,8-11,14-15H,2,7,12-13,16H2,1H3,(H,25,29). The molecule has 148 valence electrons. The Balaban J connectivity index is 1.52. The van der Waals surface area contributed by atoms with Crippen molar-refractivity contribution in [1.82, 2.24) is 9.78 Å². The molecule has 6 nitrogen and oxygen atoms in total. The van der Waals surface area contributed by atoms with Crippen LogP contribution in [-0.4, -0.2) is 28.1 Å². The summed E-state index contributed by atoms with van der Waals surface area (Å²) in [5, 5.41) is 7.40. The maximum Gasteiger partial charge on any atom is 0.259 e. The fraction of sp³-hybridized carbons (Fsp3) is 0.261. The molecule has 0 radical (unpaired) electrons. The van der Waals surface area contributed by atoms with Crippen molar-refractivity contribution in [3.05, 3.63) is 77.6 Å². The van der Waals surface area contributed by atoms with Gasteiger partial charge in [0.05, 0.1) is 24.0 Å². The molecule has 2 amide bonds. The molecule has 0 aliphatic carbocycles. The summed E-state index contributed by atoms with van der Waals surface area (Å²) in [6.45, 7) is 3.38. The third-order valence-corrected chi connectivity index (χ3v) is 5.19. The van der Waals surface area contributed by atoms with E-state index in [9.17, 15) is 9.59 Å². The minimum Gasteiger partial charge on any atom is -0.322 e. The number of hydrogen-bond acceptors (Lipinski definition) is 3. The van der Waals surface area contributed by atoms with Gasteiger partial charge in [-0.2, -0.15) is 5.10 Å². The highest BCUT2D eigenvalue weighted by atomic mass is 16.2. The first-order valence-electron chi connectivity index (χ1n) is 9.96. The highest BCUT2D eigenvalue weighted by Gasteiger charge is 2.22. The van der Waals surface area contributed by atoms with E-state index < -0.39 is 0 Å². The van der Waals surface area contributed by atoms with Crippen LogP contribution >= 0.6 is 0 Å². The number of benzene rings is 2. The molecule has 0 atom stereocenters. The van der Waals surface area contributed by atoms with Gasteiger partial charge in [0.1, 0.15) is 0 Å². The molecule has 1 saturated heterocycles. The molecule has 3 aromatic rings. The lowest BCUT2D eigenvalue weighted by Gasteiger charge is -2.16. The molecular formula is C23H24N4O2. The van der Waals surface area contributed by atoms with Crippen LogP contribution in [0, 0.1) is 0 Å². The Kier molecular flexibility index (Phi) is 5.42. The molecule has 0 spiro atoms. The molecule has 29 heavy (non-hydrogen) atoms. The van der Waals surface area contributed by atoms with E-state index in [1.54, 1.807) is 11.1 Å². The zero-order chi connectivity index (χ0) is 20.2. The molecule has 2 heterocycles. The molecular weight excluding hydrogens is 364 g/mol. The summed E-state index contributed by atoms with van der Waals surface area (Å²) in [5.41, 5.74) is 4.11. The summed E-state index contributed by atoms with van der Waals surface area (Å²) >= 11 is 0. The predicted octanol–water partition coefficient (Wildman–Crippen LogP) is 3.87. The summed E-state index contributed by atoms with van der Waals surface area (Å²) in [4.78, 5) is 26.7. The third-order valence-electron chi connectivity index (χ3n) is 5.19. The van der Waals surface area contributed by atoms with Crippen LogP contribution in [0.15, 0.2) is 60.8 Å². The number of carbonyl (C=O) groups is 2. The molecule has 4 rings (SSSR count). The smallest absolute Gasteiger partial charge is 0.259 e. The molecule has 1 aliphatic heterocycles. The first-order valence-corrected chi connectivity index (χ1v) is 9.96. The quantitative estimate of drug-likeness (QED) is 0.697. The highest BCUT2D eigenvalue weighted by molar-refractivity contribution is 6.05. The van der Waals surface area contributed by atoms with Gasteiger partial charge in [0.15, 0.2) is 0 Å². The lowest BCUT2D eigenvalue weighted by Crippen LogP contribution is -2.23. The number of aromatic nitrogens is 2. The summed E-state index contributed by atoms with van der Waals surface area (Å²) in [7, 11) is 0. The number of rotatable bonds is 6. The van der Waals surface area contributed by atoms with Gasteiger partial charge in [-0.25, -0.2) is 0 Å². The van der Waals surface area contributed by atoms with Gasteiger partial charge in [0.25, 0.3) is 5.91 Å². The Morgan fingerprint density at radius 1 is 1.14 bits per heavy atom. The number of nitrogens with zero attached hydrogens (tertiary/aromatic N) is 3. The van der Waals surface area contributed by atoms with E-state index in [-0.39, 0.29) is 11.8 Å². The molecule has 0 saturated carbocycles. The van der Waals surface area contributed by atoms with Gasteiger partial charge in [0.2, 0.25) is 5.91 Å². The van der Waals surface area contributed by atoms with Crippen molar-refractivity contribution >= 4 is 23.2 Å². The summed E-state index contributed by atoms with van der Waals surface area (Å²) in [6.07, 6.45) is 3.79. The molecule has 1 aromatic heterocycles. The molecule has 2 aromatic carbocycles. The monoisotopic (exact) mass is 388 g/mol. The van der Waals surface area contributed by atoms with E-state index in [1.165, 1.54) is 0 Å². The second-order valence-corrected chi connectivity index (χ2v) is 7.16. The zero-order valence-electron chi connectivity index (χ0n) is 16.5. The van der Waals surface area contributed by atoms with Gasteiger partial charge in [0, 0.05) is 24.3 Å². The molecule has 1 N–H and O–H groups in total. The third kappa shape index (κ3) is 4.06. The van der Waals surface area contributed by atoms with E-state index in [2.05, 4.69) is 10.4 Å². The van der Waals surface area contributed by atoms with Gasteiger partial charge in [-0.15, -0.1) is 0 Å². The van der Waals surface area contributed by atoms with Crippen LogP contribution in [0.5, 0.6) is 0 Å². The zero-order valence-corrected chi connectivity index (χ0v) is 16.5. The maximum atomic E-state index is 12.9. The lowest BCUT2D eigenvalue weighted by atomic mass is 10.1. The number of amides is 2. The minimum absolute atomic E-state index is 0.129. The van der Waals surface area contributed by atoms with Crippen molar-refractivity contribution in [3.8, 4) is 0 Å². The normalized spacial score (nSPS) is 13.7. The Bertz CT molecular complexity index is 1030. The van der Waals surface area contributed by atoms with Crippen molar-refractivity contribution < 1.29 is 9.59 Å². The second kappa shape index (κ2) is 8.31. The van der Waals surface area contributed by atoms with Gasteiger partial charge < -0.3 is 10.2 Å². The summed E-state index contributed by atoms with van der Waals surface area (Å²) < 4.78 is 1.88. The number of carbonyl (C=O) groups excluding carboxylic acids is 2. The predicted molar refractivity (Wildman–Crippen MR) is 113 cm³/mol. The Hall–Kier alpha value is -3.41. The second-order valence-electron chi connectivity index (χ2n) is 7.16. The fourth-order valence-electron chi connectivity index (χ4n) is 3.74. The Morgan fingerprint density at radius 2 is 1.97 bits per heavy atom. The van der Waals surface area contributed by atoms with Crippen LogP contribution in [0.4, 0.5) is 11.4 Å². The number of anilines is 2. The van der Waals surface area contributed by atoms with Crippen LogP contribution < -0.4 is 10.2 Å². The van der Waals surface area contributed by atoms with Gasteiger partial charge >= 0.3 is 0 Å². The largest absolute Gasteiger partial charge is 0.322 e.